The molecule has 15 heavy (non-hydrogen) atoms. The minimum Gasteiger partial charge on any atom is -0.383 e. The Balaban J connectivity index is 2.36. The minimum atomic E-state index is -0.624. The quantitative estimate of drug-likeness (QED) is 0.815. The molecule has 78 valence electrons. The second-order valence-corrected chi connectivity index (χ2v) is 4.45. The molecular formula is C11H12N2OS. The summed E-state index contributed by atoms with van der Waals surface area (Å²) in [6.07, 6.45) is 0.998. The number of hydrogen-bond acceptors (Lipinski definition) is 4. The van der Waals surface area contributed by atoms with Crippen LogP contribution in [0.1, 0.15) is 22.1 Å². The molecule has 0 bridgehead atoms. The molecule has 0 aliphatic carbocycles. The molecule has 1 aromatic carbocycles. The van der Waals surface area contributed by atoms with Crippen molar-refractivity contribution < 1.29 is 5.11 Å². The van der Waals surface area contributed by atoms with Crippen molar-refractivity contribution in [1.29, 1.82) is 0 Å². The second-order valence-electron chi connectivity index (χ2n) is 3.36. The predicted octanol–water partition coefficient (Wildman–Crippen LogP) is 2.12. The Labute approximate surface area is 92.2 Å². The van der Waals surface area contributed by atoms with Crippen molar-refractivity contribution >= 4 is 16.5 Å². The van der Waals surface area contributed by atoms with Gasteiger partial charge in [0.2, 0.25) is 0 Å². The number of hydrogen-bond donors (Lipinski definition) is 2. The van der Waals surface area contributed by atoms with Crippen LogP contribution >= 0.6 is 11.3 Å². The molecule has 1 atom stereocenters. The number of aliphatic hydroxyl groups is 1. The van der Waals surface area contributed by atoms with Crippen LogP contribution in [0.4, 0.5) is 5.13 Å². The van der Waals surface area contributed by atoms with Gasteiger partial charge in [0.15, 0.2) is 5.13 Å². The lowest BCUT2D eigenvalue weighted by molar-refractivity contribution is 0.223. The van der Waals surface area contributed by atoms with E-state index in [4.69, 9.17) is 5.73 Å². The Morgan fingerprint density at radius 2 is 2.13 bits per heavy atom. The third-order valence-corrected chi connectivity index (χ3v) is 3.17. The van der Waals surface area contributed by atoms with Gasteiger partial charge in [0, 0.05) is 6.20 Å². The summed E-state index contributed by atoms with van der Waals surface area (Å²) in [4.78, 5) is 4.71. The van der Waals surface area contributed by atoms with Gasteiger partial charge in [-0.05, 0) is 18.1 Å². The first kappa shape index (κ1) is 10.1. The summed E-state index contributed by atoms with van der Waals surface area (Å²) >= 11 is 1.32. The Morgan fingerprint density at radius 3 is 2.73 bits per heavy atom. The first-order valence-corrected chi connectivity index (χ1v) is 5.45. The molecule has 2 aromatic rings. The number of thiazole rings is 1. The molecule has 0 amide bonds. The molecule has 0 aliphatic heterocycles. The van der Waals surface area contributed by atoms with Crippen LogP contribution in [0.25, 0.3) is 0 Å². The summed E-state index contributed by atoms with van der Waals surface area (Å²) in [5.74, 6) is 0. The van der Waals surface area contributed by atoms with E-state index in [1.807, 2.05) is 31.2 Å². The lowest BCUT2D eigenvalue weighted by Crippen LogP contribution is -1.99. The van der Waals surface area contributed by atoms with Gasteiger partial charge in [-0.2, -0.15) is 0 Å². The van der Waals surface area contributed by atoms with Crippen LogP contribution in [0.3, 0.4) is 0 Å². The number of aromatic nitrogens is 1. The average molecular weight is 220 g/mol. The molecule has 4 heteroatoms. The number of aryl methyl sites for hydroxylation is 1. The first-order chi connectivity index (χ1) is 7.18. The van der Waals surface area contributed by atoms with E-state index in [1.54, 1.807) is 6.20 Å². The fourth-order valence-electron chi connectivity index (χ4n) is 1.47. The summed E-state index contributed by atoms with van der Waals surface area (Å²) in [7, 11) is 0. The van der Waals surface area contributed by atoms with Crippen molar-refractivity contribution in [3.63, 3.8) is 0 Å². The topological polar surface area (TPSA) is 59.1 Å². The predicted molar refractivity (Wildman–Crippen MR) is 61.8 cm³/mol. The van der Waals surface area contributed by atoms with Crippen molar-refractivity contribution in [2.24, 2.45) is 0 Å². The number of nitrogens with two attached hydrogens (primary N) is 1. The van der Waals surface area contributed by atoms with Gasteiger partial charge in [0.05, 0.1) is 4.88 Å². The molecule has 0 saturated heterocycles. The van der Waals surface area contributed by atoms with Crippen LogP contribution < -0.4 is 5.73 Å². The summed E-state index contributed by atoms with van der Waals surface area (Å²) in [5.41, 5.74) is 7.50. The van der Waals surface area contributed by atoms with Crippen molar-refractivity contribution in [2.45, 2.75) is 13.0 Å². The molecule has 0 aliphatic rings. The minimum absolute atomic E-state index is 0.484. The molecule has 1 aromatic heterocycles. The lowest BCUT2D eigenvalue weighted by Gasteiger charge is -2.10. The van der Waals surface area contributed by atoms with Crippen molar-refractivity contribution in [3.05, 3.63) is 46.5 Å². The summed E-state index contributed by atoms with van der Waals surface area (Å²) in [6.45, 7) is 1.98. The number of rotatable bonds is 2. The highest BCUT2D eigenvalue weighted by Crippen LogP contribution is 2.29. The van der Waals surface area contributed by atoms with Gasteiger partial charge in [-0.25, -0.2) is 4.98 Å². The molecule has 0 saturated carbocycles. The highest BCUT2D eigenvalue weighted by atomic mass is 32.1. The van der Waals surface area contributed by atoms with E-state index in [0.717, 1.165) is 16.0 Å². The van der Waals surface area contributed by atoms with Crippen molar-refractivity contribution in [2.75, 3.05) is 5.73 Å². The zero-order chi connectivity index (χ0) is 10.8. The molecule has 3 N–H and O–H groups in total. The number of nitrogen functional groups attached to an aromatic ring is 1. The van der Waals surface area contributed by atoms with Gasteiger partial charge < -0.3 is 10.8 Å². The SMILES string of the molecule is Cc1ccccc1C(O)c1cnc(N)s1. The van der Waals surface area contributed by atoms with E-state index < -0.39 is 6.10 Å². The Bertz CT molecular complexity index is 467. The van der Waals surface area contributed by atoms with Crippen LogP contribution in [0.2, 0.25) is 0 Å². The first-order valence-electron chi connectivity index (χ1n) is 4.63. The van der Waals surface area contributed by atoms with E-state index in [1.165, 1.54) is 11.3 Å². The zero-order valence-corrected chi connectivity index (χ0v) is 9.16. The van der Waals surface area contributed by atoms with Gasteiger partial charge in [-0.3, -0.25) is 0 Å². The third-order valence-electron chi connectivity index (χ3n) is 2.29. The fraction of sp³-hybridized carbons (Fsp3) is 0.182. The maximum Gasteiger partial charge on any atom is 0.180 e. The second kappa shape index (κ2) is 4.00. The maximum absolute atomic E-state index is 10.1. The van der Waals surface area contributed by atoms with Gasteiger partial charge in [0.1, 0.15) is 6.10 Å². The molecule has 0 fully saturated rings. The maximum atomic E-state index is 10.1. The van der Waals surface area contributed by atoms with E-state index in [0.29, 0.717) is 5.13 Å². The van der Waals surface area contributed by atoms with Gasteiger partial charge in [-0.15, -0.1) is 0 Å². The van der Waals surface area contributed by atoms with Crippen LogP contribution in [-0.2, 0) is 0 Å². The van der Waals surface area contributed by atoms with Gasteiger partial charge in [-0.1, -0.05) is 35.6 Å². The third kappa shape index (κ3) is 2.00. The van der Waals surface area contributed by atoms with Crippen LogP contribution in [0.15, 0.2) is 30.5 Å². The summed E-state index contributed by atoms with van der Waals surface area (Å²) < 4.78 is 0. The van der Waals surface area contributed by atoms with Gasteiger partial charge >= 0.3 is 0 Å². The summed E-state index contributed by atoms with van der Waals surface area (Å²) in [6, 6.07) is 7.75. The fourth-order valence-corrected chi connectivity index (χ4v) is 2.16. The smallest absolute Gasteiger partial charge is 0.180 e. The molecule has 2 rings (SSSR count). The molecule has 1 unspecified atom stereocenters. The number of aliphatic hydroxyl groups excluding tert-OH is 1. The van der Waals surface area contributed by atoms with Gasteiger partial charge in [0.25, 0.3) is 0 Å². The zero-order valence-electron chi connectivity index (χ0n) is 8.34. The number of benzene rings is 1. The Morgan fingerprint density at radius 1 is 1.40 bits per heavy atom. The highest BCUT2D eigenvalue weighted by molar-refractivity contribution is 7.15. The Hall–Kier alpha value is -1.39. The van der Waals surface area contributed by atoms with Crippen LogP contribution in [0.5, 0.6) is 0 Å². The number of anilines is 1. The Kier molecular flexibility index (Phi) is 2.70. The van der Waals surface area contributed by atoms with E-state index >= 15 is 0 Å². The largest absolute Gasteiger partial charge is 0.383 e. The number of nitrogens with zero attached hydrogens (tertiary/aromatic N) is 1. The molecule has 0 spiro atoms. The van der Waals surface area contributed by atoms with Crippen molar-refractivity contribution in [3.8, 4) is 0 Å². The standard InChI is InChI=1S/C11H12N2OS/c1-7-4-2-3-5-8(7)10(14)9-6-13-11(12)15-9/h2-6,10,14H,1H3,(H2,12,13). The normalized spacial score (nSPS) is 12.7. The van der Waals surface area contributed by atoms with Crippen LogP contribution in [0, 0.1) is 6.92 Å². The van der Waals surface area contributed by atoms with E-state index in [9.17, 15) is 5.11 Å². The lowest BCUT2D eigenvalue weighted by atomic mass is 10.0. The molecular weight excluding hydrogens is 208 g/mol. The molecule has 1 heterocycles. The van der Waals surface area contributed by atoms with Crippen LogP contribution in [-0.4, -0.2) is 10.1 Å². The summed E-state index contributed by atoms with van der Waals surface area (Å²) in [5, 5.41) is 10.6. The monoisotopic (exact) mass is 220 g/mol. The average Bonchev–Trinajstić information content (AvgIpc) is 2.65. The molecule has 3 nitrogen and oxygen atoms in total. The molecule has 0 radical (unpaired) electrons. The van der Waals surface area contributed by atoms with E-state index in [-0.39, 0.29) is 0 Å². The van der Waals surface area contributed by atoms with Crippen molar-refractivity contribution in [1.82, 2.24) is 4.98 Å². The van der Waals surface area contributed by atoms with E-state index in [2.05, 4.69) is 4.98 Å². The highest BCUT2D eigenvalue weighted by Gasteiger charge is 2.14.